The van der Waals surface area contributed by atoms with Gasteiger partial charge >= 0.3 is 0 Å². The Hall–Kier alpha value is -1.80. The van der Waals surface area contributed by atoms with E-state index in [4.69, 9.17) is 11.5 Å². The van der Waals surface area contributed by atoms with E-state index in [-0.39, 0.29) is 23.3 Å². The van der Waals surface area contributed by atoms with Crippen LogP contribution < -0.4 is 16.8 Å². The van der Waals surface area contributed by atoms with Gasteiger partial charge in [0.15, 0.2) is 5.16 Å². The van der Waals surface area contributed by atoms with Gasteiger partial charge in [0.25, 0.3) is 0 Å². The predicted octanol–water partition coefficient (Wildman–Crippen LogP) is 2.13. The summed E-state index contributed by atoms with van der Waals surface area (Å²) >= 11 is 4.51. The van der Waals surface area contributed by atoms with E-state index in [1.165, 1.54) is 17.8 Å². The van der Waals surface area contributed by atoms with Crippen molar-refractivity contribution in [3.8, 4) is 0 Å². The quantitative estimate of drug-likeness (QED) is 0.574. The Morgan fingerprint density at radius 2 is 1.80 bits per heavy atom. The number of rotatable bonds is 4. The van der Waals surface area contributed by atoms with Crippen LogP contribution in [0.25, 0.3) is 0 Å². The zero-order chi connectivity index (χ0) is 14.5. The number of hydrogen-bond acceptors (Lipinski definition) is 6. The van der Waals surface area contributed by atoms with Crippen LogP contribution >= 0.6 is 27.7 Å². The van der Waals surface area contributed by atoms with Gasteiger partial charge in [-0.15, -0.1) is 0 Å². The smallest absolute Gasteiger partial charge is 0.234 e. The first-order valence-electron chi connectivity index (χ1n) is 5.61. The molecule has 2 aromatic rings. The van der Waals surface area contributed by atoms with Crippen molar-refractivity contribution in [2.45, 2.75) is 5.16 Å². The van der Waals surface area contributed by atoms with Gasteiger partial charge in [0, 0.05) is 16.2 Å². The number of nitrogen functional groups attached to an aromatic ring is 2. The number of carbonyl (C=O) groups is 1. The van der Waals surface area contributed by atoms with Crippen LogP contribution in [0, 0.1) is 0 Å². The number of thioether (sulfide) groups is 1. The molecule has 0 bridgehead atoms. The first kappa shape index (κ1) is 14.6. The van der Waals surface area contributed by atoms with Crippen molar-refractivity contribution in [1.82, 2.24) is 9.97 Å². The third kappa shape index (κ3) is 4.39. The van der Waals surface area contributed by atoms with Crippen molar-refractivity contribution in [3.63, 3.8) is 0 Å². The number of benzene rings is 1. The lowest BCUT2D eigenvalue weighted by Crippen LogP contribution is -2.14. The van der Waals surface area contributed by atoms with Crippen molar-refractivity contribution in [2.24, 2.45) is 0 Å². The Kier molecular flexibility index (Phi) is 4.80. The van der Waals surface area contributed by atoms with Crippen LogP contribution in [0.2, 0.25) is 0 Å². The molecule has 0 atom stereocenters. The van der Waals surface area contributed by atoms with Crippen LogP contribution in [-0.4, -0.2) is 21.6 Å². The van der Waals surface area contributed by atoms with Gasteiger partial charge < -0.3 is 16.8 Å². The van der Waals surface area contributed by atoms with Gasteiger partial charge in [-0.05, 0) is 24.3 Å². The van der Waals surface area contributed by atoms with Crippen molar-refractivity contribution in [2.75, 3.05) is 22.5 Å². The third-order valence-electron chi connectivity index (χ3n) is 2.21. The number of aromatic nitrogens is 2. The standard InChI is InChI=1S/C12H12BrN5OS/c13-7-1-3-8(4-2-7)16-11(19)6-20-12-17-9(14)5-10(15)18-12/h1-5H,6H2,(H,16,19)(H4,14,15,17,18). The lowest BCUT2D eigenvalue weighted by molar-refractivity contribution is -0.113. The molecule has 8 heteroatoms. The molecule has 1 amide bonds. The van der Waals surface area contributed by atoms with E-state index in [0.717, 1.165) is 10.2 Å². The van der Waals surface area contributed by atoms with Crippen molar-refractivity contribution in [1.29, 1.82) is 0 Å². The van der Waals surface area contributed by atoms with Gasteiger partial charge in [-0.25, -0.2) is 9.97 Å². The topological polar surface area (TPSA) is 107 Å². The van der Waals surface area contributed by atoms with Crippen LogP contribution in [0.4, 0.5) is 17.3 Å². The molecule has 0 aliphatic rings. The second-order valence-corrected chi connectivity index (χ2v) is 5.70. The molecule has 0 radical (unpaired) electrons. The summed E-state index contributed by atoms with van der Waals surface area (Å²) in [5.41, 5.74) is 11.8. The molecule has 0 spiro atoms. The van der Waals surface area contributed by atoms with Gasteiger partial charge in [0.1, 0.15) is 11.6 Å². The molecule has 2 rings (SSSR count). The average Bonchev–Trinajstić information content (AvgIpc) is 2.38. The number of hydrogen-bond donors (Lipinski definition) is 3. The minimum atomic E-state index is -0.151. The number of halogens is 1. The molecule has 6 nitrogen and oxygen atoms in total. The summed E-state index contributed by atoms with van der Waals surface area (Å²) in [6.45, 7) is 0. The molecule has 20 heavy (non-hydrogen) atoms. The second kappa shape index (κ2) is 6.58. The van der Waals surface area contributed by atoms with Gasteiger partial charge in [-0.3, -0.25) is 4.79 Å². The van der Waals surface area contributed by atoms with Gasteiger partial charge in [0.05, 0.1) is 5.75 Å². The molecule has 0 saturated heterocycles. The molecule has 1 aromatic carbocycles. The summed E-state index contributed by atoms with van der Waals surface area (Å²) in [6.07, 6.45) is 0. The van der Waals surface area contributed by atoms with E-state index < -0.39 is 0 Å². The molecule has 0 aliphatic carbocycles. The molecule has 0 saturated carbocycles. The minimum Gasteiger partial charge on any atom is -0.383 e. The zero-order valence-corrected chi connectivity index (χ0v) is 12.7. The Morgan fingerprint density at radius 3 is 2.40 bits per heavy atom. The molecule has 1 heterocycles. The van der Waals surface area contributed by atoms with E-state index in [1.54, 1.807) is 0 Å². The molecule has 5 N–H and O–H groups in total. The van der Waals surface area contributed by atoms with Gasteiger partial charge in [-0.2, -0.15) is 0 Å². The number of nitrogens with zero attached hydrogens (tertiary/aromatic N) is 2. The summed E-state index contributed by atoms with van der Waals surface area (Å²) in [6, 6.07) is 8.78. The minimum absolute atomic E-state index is 0.151. The van der Waals surface area contributed by atoms with E-state index in [1.807, 2.05) is 24.3 Å². The average molecular weight is 354 g/mol. The number of amides is 1. The highest BCUT2D eigenvalue weighted by Crippen LogP contribution is 2.18. The predicted molar refractivity (Wildman–Crippen MR) is 84.4 cm³/mol. The van der Waals surface area contributed by atoms with Gasteiger partial charge in [-0.1, -0.05) is 27.7 Å². The Bertz CT molecular complexity index is 599. The Labute approximate surface area is 128 Å². The van der Waals surface area contributed by atoms with Crippen LogP contribution in [0.15, 0.2) is 40.0 Å². The molecular formula is C12H12BrN5OS. The highest BCUT2D eigenvalue weighted by atomic mass is 79.9. The van der Waals surface area contributed by atoms with E-state index in [2.05, 4.69) is 31.2 Å². The Morgan fingerprint density at radius 1 is 1.20 bits per heavy atom. The molecule has 0 fully saturated rings. The fourth-order valence-corrected chi connectivity index (χ4v) is 2.32. The van der Waals surface area contributed by atoms with Gasteiger partial charge in [0.2, 0.25) is 5.91 Å². The largest absolute Gasteiger partial charge is 0.383 e. The first-order valence-corrected chi connectivity index (χ1v) is 7.39. The SMILES string of the molecule is Nc1cc(N)nc(SCC(=O)Nc2ccc(Br)cc2)n1. The summed E-state index contributed by atoms with van der Waals surface area (Å²) in [4.78, 5) is 19.8. The summed E-state index contributed by atoms with van der Waals surface area (Å²) in [5.74, 6) is 0.599. The van der Waals surface area contributed by atoms with E-state index in [9.17, 15) is 4.79 Å². The van der Waals surface area contributed by atoms with E-state index in [0.29, 0.717) is 5.16 Å². The number of anilines is 3. The molecular weight excluding hydrogens is 342 g/mol. The van der Waals surface area contributed by atoms with Crippen molar-refractivity contribution in [3.05, 3.63) is 34.8 Å². The van der Waals surface area contributed by atoms with Crippen LogP contribution in [0.5, 0.6) is 0 Å². The summed E-state index contributed by atoms with van der Waals surface area (Å²) in [5, 5.41) is 3.15. The monoisotopic (exact) mass is 353 g/mol. The maximum Gasteiger partial charge on any atom is 0.234 e. The molecule has 0 unspecified atom stereocenters. The highest BCUT2D eigenvalue weighted by Gasteiger charge is 2.07. The number of nitrogens with two attached hydrogens (primary N) is 2. The van der Waals surface area contributed by atoms with E-state index >= 15 is 0 Å². The second-order valence-electron chi connectivity index (χ2n) is 3.84. The van der Waals surface area contributed by atoms with Crippen LogP contribution in [-0.2, 0) is 4.79 Å². The lowest BCUT2D eigenvalue weighted by atomic mass is 10.3. The third-order valence-corrected chi connectivity index (χ3v) is 3.58. The molecule has 104 valence electrons. The van der Waals surface area contributed by atoms with Crippen molar-refractivity contribution < 1.29 is 4.79 Å². The molecule has 0 aliphatic heterocycles. The Balaban J connectivity index is 1.90. The maximum atomic E-state index is 11.8. The maximum absolute atomic E-state index is 11.8. The fourth-order valence-electron chi connectivity index (χ4n) is 1.39. The zero-order valence-electron chi connectivity index (χ0n) is 10.3. The fraction of sp³-hybridized carbons (Fsp3) is 0.0833. The first-order chi connectivity index (χ1) is 9.52. The number of nitrogens with one attached hydrogen (secondary N) is 1. The van der Waals surface area contributed by atoms with Crippen LogP contribution in [0.3, 0.4) is 0 Å². The normalized spacial score (nSPS) is 10.2. The number of carbonyl (C=O) groups excluding carboxylic acids is 1. The van der Waals surface area contributed by atoms with Crippen LogP contribution in [0.1, 0.15) is 0 Å². The lowest BCUT2D eigenvalue weighted by Gasteiger charge is -2.05. The summed E-state index contributed by atoms with van der Waals surface area (Å²) in [7, 11) is 0. The summed E-state index contributed by atoms with van der Waals surface area (Å²) < 4.78 is 0.952. The highest BCUT2D eigenvalue weighted by molar-refractivity contribution is 9.10. The van der Waals surface area contributed by atoms with Crippen molar-refractivity contribution >= 4 is 50.9 Å². The molecule has 1 aromatic heterocycles.